The molecule has 102 valence electrons. The van der Waals surface area contributed by atoms with E-state index in [1.807, 2.05) is 18.7 Å². The van der Waals surface area contributed by atoms with Gasteiger partial charge in [-0.05, 0) is 54.0 Å². The number of nitrogens with zero attached hydrogens (tertiary/aromatic N) is 2. The quantitative estimate of drug-likeness (QED) is 0.910. The minimum absolute atomic E-state index is 0.570. The summed E-state index contributed by atoms with van der Waals surface area (Å²) >= 11 is 3.59. The molecule has 0 aromatic carbocycles. The maximum absolute atomic E-state index is 10.9. The summed E-state index contributed by atoms with van der Waals surface area (Å²) in [5, 5.41) is 15.3. The summed E-state index contributed by atoms with van der Waals surface area (Å²) in [6.45, 7) is 6.47. The summed E-state index contributed by atoms with van der Waals surface area (Å²) in [5.74, 6) is 1.21. The Labute approximate surface area is 118 Å². The monoisotopic (exact) mass is 314 g/mol. The van der Waals surface area contributed by atoms with Crippen molar-refractivity contribution in [2.45, 2.75) is 52.1 Å². The van der Waals surface area contributed by atoms with Gasteiger partial charge >= 0.3 is 0 Å². The molecule has 0 aliphatic heterocycles. The molecule has 1 aromatic heterocycles. The minimum Gasteiger partial charge on any atom is -0.389 e. The molecule has 1 N–H and O–H groups in total. The van der Waals surface area contributed by atoms with Crippen molar-refractivity contribution in [1.82, 2.24) is 9.78 Å². The van der Waals surface area contributed by atoms with E-state index in [1.165, 1.54) is 6.42 Å². The van der Waals surface area contributed by atoms with E-state index in [0.29, 0.717) is 18.3 Å². The van der Waals surface area contributed by atoms with Crippen LogP contribution < -0.4 is 0 Å². The third-order valence-corrected chi connectivity index (χ3v) is 5.05. The fraction of sp³-hybridized carbons (Fsp3) is 0.786. The lowest BCUT2D eigenvalue weighted by molar-refractivity contribution is -0.0318. The molecular weight excluding hydrogens is 292 g/mol. The molecule has 2 unspecified atom stereocenters. The van der Waals surface area contributed by atoms with Crippen LogP contribution in [-0.2, 0) is 13.5 Å². The Morgan fingerprint density at radius 2 is 1.94 bits per heavy atom. The first-order valence-electron chi connectivity index (χ1n) is 6.71. The van der Waals surface area contributed by atoms with Gasteiger partial charge in [0.1, 0.15) is 0 Å². The fourth-order valence-electron chi connectivity index (χ4n) is 3.56. The van der Waals surface area contributed by atoms with Gasteiger partial charge < -0.3 is 5.11 Å². The van der Waals surface area contributed by atoms with Gasteiger partial charge in [0.2, 0.25) is 0 Å². The molecule has 1 aromatic rings. The predicted molar refractivity (Wildman–Crippen MR) is 76.5 cm³/mol. The average molecular weight is 315 g/mol. The molecule has 1 heterocycles. The normalized spacial score (nSPS) is 32.8. The smallest absolute Gasteiger partial charge is 0.0738 e. The molecule has 0 bridgehead atoms. The molecule has 4 heteroatoms. The molecule has 0 saturated heterocycles. The van der Waals surface area contributed by atoms with Crippen molar-refractivity contribution in [3.8, 4) is 0 Å². The Morgan fingerprint density at radius 1 is 1.39 bits per heavy atom. The fourth-order valence-corrected chi connectivity index (χ4v) is 4.04. The van der Waals surface area contributed by atoms with Gasteiger partial charge in [-0.1, -0.05) is 13.8 Å². The summed E-state index contributed by atoms with van der Waals surface area (Å²) in [7, 11) is 1.95. The topological polar surface area (TPSA) is 38.0 Å². The molecule has 1 aliphatic rings. The minimum atomic E-state index is -0.570. The van der Waals surface area contributed by atoms with Gasteiger partial charge in [-0.3, -0.25) is 4.68 Å². The molecule has 0 radical (unpaired) electrons. The zero-order valence-corrected chi connectivity index (χ0v) is 13.3. The van der Waals surface area contributed by atoms with Crippen LogP contribution in [0.3, 0.4) is 0 Å². The molecule has 0 amide bonds. The third-order valence-electron chi connectivity index (χ3n) is 4.02. The van der Waals surface area contributed by atoms with E-state index in [0.717, 1.165) is 28.7 Å². The van der Waals surface area contributed by atoms with Gasteiger partial charge in [0.05, 0.1) is 21.5 Å². The van der Waals surface area contributed by atoms with Crippen LogP contribution in [-0.4, -0.2) is 20.5 Å². The molecular formula is C14H23BrN2O. The van der Waals surface area contributed by atoms with Gasteiger partial charge in [-0.15, -0.1) is 0 Å². The maximum Gasteiger partial charge on any atom is 0.0738 e. The van der Waals surface area contributed by atoms with Crippen molar-refractivity contribution in [2.75, 3.05) is 0 Å². The zero-order chi connectivity index (χ0) is 13.5. The Kier molecular flexibility index (Phi) is 3.88. The number of halogens is 1. The van der Waals surface area contributed by atoms with E-state index < -0.39 is 5.60 Å². The number of rotatable bonds is 2. The molecule has 18 heavy (non-hydrogen) atoms. The maximum atomic E-state index is 10.9. The number of hydrogen-bond acceptors (Lipinski definition) is 2. The van der Waals surface area contributed by atoms with Gasteiger partial charge in [0.15, 0.2) is 0 Å². The second kappa shape index (κ2) is 4.97. The number of aromatic nitrogens is 2. The van der Waals surface area contributed by atoms with Crippen LogP contribution >= 0.6 is 15.9 Å². The van der Waals surface area contributed by atoms with E-state index in [-0.39, 0.29) is 0 Å². The van der Waals surface area contributed by atoms with Gasteiger partial charge in [0.25, 0.3) is 0 Å². The largest absolute Gasteiger partial charge is 0.389 e. The van der Waals surface area contributed by atoms with Crippen LogP contribution in [0.2, 0.25) is 0 Å². The highest BCUT2D eigenvalue weighted by atomic mass is 79.9. The SMILES string of the molecule is Cc1nn(C)c(CC2(O)CC(C)CC(C)C2)c1Br. The lowest BCUT2D eigenvalue weighted by Gasteiger charge is -2.39. The highest BCUT2D eigenvalue weighted by Gasteiger charge is 2.37. The first-order chi connectivity index (χ1) is 8.31. The lowest BCUT2D eigenvalue weighted by Crippen LogP contribution is -2.40. The second-order valence-electron chi connectivity index (χ2n) is 6.23. The van der Waals surface area contributed by atoms with Gasteiger partial charge in [0, 0.05) is 13.5 Å². The van der Waals surface area contributed by atoms with Crippen LogP contribution in [0.25, 0.3) is 0 Å². The van der Waals surface area contributed by atoms with Crippen molar-refractivity contribution >= 4 is 15.9 Å². The van der Waals surface area contributed by atoms with E-state index in [9.17, 15) is 5.11 Å². The Balaban J connectivity index is 2.21. The zero-order valence-electron chi connectivity index (χ0n) is 11.7. The standard InChI is InChI=1S/C14H23BrN2O/c1-9-5-10(2)7-14(18,6-9)8-12-13(15)11(3)16-17(12)4/h9-10,18H,5-8H2,1-4H3. The van der Waals surface area contributed by atoms with Gasteiger partial charge in [-0.2, -0.15) is 5.10 Å². The second-order valence-corrected chi connectivity index (χ2v) is 7.02. The molecule has 3 nitrogen and oxygen atoms in total. The highest BCUT2D eigenvalue weighted by Crippen LogP contribution is 2.39. The first kappa shape index (κ1) is 14.1. The van der Waals surface area contributed by atoms with Crippen LogP contribution in [0.4, 0.5) is 0 Å². The molecule has 0 spiro atoms. The number of hydrogen-bond donors (Lipinski definition) is 1. The van der Waals surface area contributed by atoms with E-state index in [2.05, 4.69) is 34.9 Å². The van der Waals surface area contributed by atoms with E-state index >= 15 is 0 Å². The molecule has 2 atom stereocenters. The predicted octanol–water partition coefficient (Wildman–Crippen LogP) is 3.22. The van der Waals surface area contributed by atoms with Crippen molar-refractivity contribution in [1.29, 1.82) is 0 Å². The summed E-state index contributed by atoms with van der Waals surface area (Å²) in [5.41, 5.74) is 1.53. The number of aryl methyl sites for hydroxylation is 2. The van der Waals surface area contributed by atoms with Crippen molar-refractivity contribution in [3.63, 3.8) is 0 Å². The average Bonchev–Trinajstić information content (AvgIpc) is 2.42. The highest BCUT2D eigenvalue weighted by molar-refractivity contribution is 9.10. The molecule has 1 aliphatic carbocycles. The van der Waals surface area contributed by atoms with Gasteiger partial charge in [-0.25, -0.2) is 0 Å². The van der Waals surface area contributed by atoms with Crippen LogP contribution in [0.15, 0.2) is 4.47 Å². The summed E-state index contributed by atoms with van der Waals surface area (Å²) in [4.78, 5) is 0. The lowest BCUT2D eigenvalue weighted by atomic mass is 9.72. The Morgan fingerprint density at radius 3 is 2.39 bits per heavy atom. The third kappa shape index (κ3) is 2.80. The first-order valence-corrected chi connectivity index (χ1v) is 7.50. The van der Waals surface area contributed by atoms with E-state index in [4.69, 9.17) is 0 Å². The van der Waals surface area contributed by atoms with Crippen LogP contribution in [0, 0.1) is 18.8 Å². The van der Waals surface area contributed by atoms with Crippen LogP contribution in [0.1, 0.15) is 44.5 Å². The summed E-state index contributed by atoms with van der Waals surface area (Å²) in [6.07, 6.45) is 3.72. The Bertz CT molecular complexity index is 431. The number of aliphatic hydroxyl groups is 1. The summed E-state index contributed by atoms with van der Waals surface area (Å²) < 4.78 is 2.94. The van der Waals surface area contributed by atoms with Crippen molar-refractivity contribution in [3.05, 3.63) is 15.9 Å². The molecule has 2 rings (SSSR count). The van der Waals surface area contributed by atoms with Crippen molar-refractivity contribution in [2.24, 2.45) is 18.9 Å². The molecule has 1 fully saturated rings. The van der Waals surface area contributed by atoms with Crippen molar-refractivity contribution < 1.29 is 5.11 Å². The molecule has 1 saturated carbocycles. The van der Waals surface area contributed by atoms with Crippen LogP contribution in [0.5, 0.6) is 0 Å². The summed E-state index contributed by atoms with van der Waals surface area (Å²) in [6, 6.07) is 0. The van der Waals surface area contributed by atoms with E-state index in [1.54, 1.807) is 0 Å². The Hall–Kier alpha value is -0.350.